The molecule has 1 heterocycles. The van der Waals surface area contributed by atoms with Gasteiger partial charge >= 0.3 is 0 Å². The van der Waals surface area contributed by atoms with Crippen LogP contribution in [0.4, 0.5) is 11.4 Å². The lowest BCUT2D eigenvalue weighted by Crippen LogP contribution is -2.44. The lowest BCUT2D eigenvalue weighted by atomic mass is 10.0. The summed E-state index contributed by atoms with van der Waals surface area (Å²) in [7, 11) is 1.55. The van der Waals surface area contributed by atoms with Crippen LogP contribution in [-0.4, -0.2) is 29.2 Å². The molecule has 0 bridgehead atoms. The Labute approximate surface area is 230 Å². The monoisotopic (exact) mass is 543 g/mol. The van der Waals surface area contributed by atoms with Gasteiger partial charge in [-0.15, -0.1) is 0 Å². The van der Waals surface area contributed by atoms with Crippen molar-refractivity contribution in [3.63, 3.8) is 0 Å². The lowest BCUT2D eigenvalue weighted by molar-refractivity contribution is -0.122. The fraction of sp³-hybridized carbons (Fsp3) is 0.172. The average Bonchev–Trinajstić information content (AvgIpc) is 3.31. The highest BCUT2D eigenvalue weighted by Gasteiger charge is 2.36. The van der Waals surface area contributed by atoms with Crippen molar-refractivity contribution in [3.8, 4) is 5.75 Å². The van der Waals surface area contributed by atoms with E-state index in [1.54, 1.807) is 31.4 Å². The van der Waals surface area contributed by atoms with E-state index < -0.39 is 23.8 Å². The van der Waals surface area contributed by atoms with Crippen LogP contribution in [0.5, 0.6) is 5.75 Å². The van der Waals surface area contributed by atoms with E-state index in [-0.39, 0.29) is 22.8 Å². The number of nitrogen functional groups attached to an aromatic ring is 1. The fourth-order valence-corrected chi connectivity index (χ4v) is 5.04. The highest BCUT2D eigenvalue weighted by atomic mass is 32.1. The van der Waals surface area contributed by atoms with E-state index in [9.17, 15) is 14.4 Å². The maximum absolute atomic E-state index is 14.2. The molecule has 0 unspecified atom stereocenters. The van der Waals surface area contributed by atoms with Gasteiger partial charge in [0.15, 0.2) is 5.69 Å². The van der Waals surface area contributed by atoms with Crippen LogP contribution in [0.3, 0.4) is 0 Å². The summed E-state index contributed by atoms with van der Waals surface area (Å²) in [5, 5.41) is 2.97. The predicted octanol–water partition coefficient (Wildman–Crippen LogP) is 4.15. The summed E-state index contributed by atoms with van der Waals surface area (Å²) in [6.45, 7) is 4.07. The number of amides is 3. The maximum Gasteiger partial charge on any atom is 0.273 e. The Morgan fingerprint density at radius 1 is 1.00 bits per heavy atom. The molecule has 10 heteroatoms. The molecule has 3 aromatic carbocycles. The predicted molar refractivity (Wildman–Crippen MR) is 152 cm³/mol. The number of aromatic nitrogens is 1. The first kappa shape index (κ1) is 27.3. The third-order valence-corrected chi connectivity index (χ3v) is 6.96. The molecule has 4 aromatic rings. The van der Waals surface area contributed by atoms with Gasteiger partial charge in [0.05, 0.1) is 12.8 Å². The van der Waals surface area contributed by atoms with E-state index in [1.807, 2.05) is 62.4 Å². The maximum atomic E-state index is 14.2. The van der Waals surface area contributed by atoms with E-state index in [0.717, 1.165) is 28.2 Å². The van der Waals surface area contributed by atoms with Crippen molar-refractivity contribution >= 4 is 40.6 Å². The number of benzene rings is 3. The highest BCUT2D eigenvalue weighted by Crippen LogP contribution is 2.34. The molecule has 0 spiro atoms. The molecule has 3 amide bonds. The van der Waals surface area contributed by atoms with Gasteiger partial charge in [0.1, 0.15) is 16.7 Å². The molecule has 0 aliphatic carbocycles. The number of nitrogens with zero attached hydrogens (tertiary/aromatic N) is 2. The van der Waals surface area contributed by atoms with Gasteiger partial charge in [0, 0.05) is 12.2 Å². The number of carbonyl (C=O) groups is 3. The van der Waals surface area contributed by atoms with Gasteiger partial charge in [-0.2, -0.15) is 4.37 Å². The summed E-state index contributed by atoms with van der Waals surface area (Å²) in [4.78, 5) is 41.4. The van der Waals surface area contributed by atoms with E-state index in [0.29, 0.717) is 17.0 Å². The topological polar surface area (TPSA) is 141 Å². The minimum Gasteiger partial charge on any atom is -0.497 e. The molecule has 0 saturated heterocycles. The molecule has 0 radical (unpaired) electrons. The summed E-state index contributed by atoms with van der Waals surface area (Å²) >= 11 is 0.766. The number of carbonyl (C=O) groups excluding carboxylic acids is 3. The zero-order valence-electron chi connectivity index (χ0n) is 21.8. The van der Waals surface area contributed by atoms with Crippen molar-refractivity contribution in [1.29, 1.82) is 0 Å². The SMILES string of the molecule is COc1ccc([C@@H](C(=O)NCc2ccccc2)N(C(=O)c2snc(C(N)=O)c2N)c2cc(C)cc(C)c2)cc1. The van der Waals surface area contributed by atoms with Gasteiger partial charge in [0.25, 0.3) is 11.8 Å². The Morgan fingerprint density at radius 3 is 2.21 bits per heavy atom. The molecule has 1 aromatic heterocycles. The van der Waals surface area contributed by atoms with Crippen LogP contribution in [0.2, 0.25) is 0 Å². The zero-order valence-corrected chi connectivity index (χ0v) is 22.6. The van der Waals surface area contributed by atoms with E-state index in [1.165, 1.54) is 4.90 Å². The highest BCUT2D eigenvalue weighted by molar-refractivity contribution is 7.09. The van der Waals surface area contributed by atoms with Crippen molar-refractivity contribution in [2.24, 2.45) is 5.73 Å². The van der Waals surface area contributed by atoms with Crippen LogP contribution in [0.25, 0.3) is 0 Å². The van der Waals surface area contributed by atoms with Gasteiger partial charge in [-0.3, -0.25) is 19.3 Å². The molecule has 9 nitrogen and oxygen atoms in total. The van der Waals surface area contributed by atoms with Gasteiger partial charge in [0.2, 0.25) is 5.91 Å². The third kappa shape index (κ3) is 6.07. The van der Waals surface area contributed by atoms with Crippen molar-refractivity contribution in [2.75, 3.05) is 17.7 Å². The normalized spacial score (nSPS) is 11.5. The average molecular weight is 544 g/mol. The van der Waals surface area contributed by atoms with Crippen LogP contribution in [0.15, 0.2) is 72.8 Å². The van der Waals surface area contributed by atoms with Crippen molar-refractivity contribution in [2.45, 2.75) is 26.4 Å². The first-order valence-corrected chi connectivity index (χ1v) is 12.9. The molecule has 0 fully saturated rings. The summed E-state index contributed by atoms with van der Waals surface area (Å²) in [6, 6.07) is 20.9. The molecular formula is C29H29N5O4S. The van der Waals surface area contributed by atoms with Crippen molar-refractivity contribution in [3.05, 3.63) is 106 Å². The minimum absolute atomic E-state index is 0.0114. The number of hydrogen-bond acceptors (Lipinski definition) is 7. The third-order valence-electron chi connectivity index (χ3n) is 6.11. The number of rotatable bonds is 9. The van der Waals surface area contributed by atoms with Crippen molar-refractivity contribution < 1.29 is 19.1 Å². The first-order chi connectivity index (χ1) is 18.7. The number of anilines is 2. The molecule has 4 rings (SSSR count). The summed E-state index contributed by atoms with van der Waals surface area (Å²) in [5.41, 5.74) is 15.0. The number of hydrogen-bond donors (Lipinski definition) is 3. The van der Waals surface area contributed by atoms with Crippen LogP contribution >= 0.6 is 11.5 Å². The lowest BCUT2D eigenvalue weighted by Gasteiger charge is -2.32. The second kappa shape index (κ2) is 11.8. The molecule has 200 valence electrons. The van der Waals surface area contributed by atoms with E-state index >= 15 is 0 Å². The summed E-state index contributed by atoms with van der Waals surface area (Å²) < 4.78 is 9.30. The quantitative estimate of drug-likeness (QED) is 0.290. The molecule has 0 aliphatic heterocycles. The molecular weight excluding hydrogens is 514 g/mol. The number of primary amides is 1. The second-order valence-corrected chi connectivity index (χ2v) is 9.81. The smallest absolute Gasteiger partial charge is 0.273 e. The first-order valence-electron chi connectivity index (χ1n) is 12.1. The molecule has 0 aliphatic rings. The second-order valence-electron chi connectivity index (χ2n) is 9.04. The van der Waals surface area contributed by atoms with E-state index in [4.69, 9.17) is 16.2 Å². The Hall–Kier alpha value is -4.70. The molecule has 39 heavy (non-hydrogen) atoms. The Morgan fingerprint density at radius 2 is 1.64 bits per heavy atom. The van der Waals surface area contributed by atoms with Crippen LogP contribution in [-0.2, 0) is 11.3 Å². The van der Waals surface area contributed by atoms with Gasteiger partial charge in [-0.05, 0) is 71.9 Å². The van der Waals surface area contributed by atoms with Gasteiger partial charge < -0.3 is 21.5 Å². The van der Waals surface area contributed by atoms with Gasteiger partial charge in [-0.1, -0.05) is 48.5 Å². The standard InChI is InChI=1S/C29H29N5O4S/c1-17-13-18(2)15-21(14-17)34(29(37)26-23(30)24(27(31)35)33-39-26)25(20-9-11-22(38-3)12-10-20)28(36)32-16-19-7-5-4-6-8-19/h4-15,25H,16,30H2,1-3H3,(H2,31,35)(H,32,36)/t25-/m0/s1. The molecule has 1 atom stereocenters. The largest absolute Gasteiger partial charge is 0.497 e. The van der Waals surface area contributed by atoms with Crippen LogP contribution in [0.1, 0.15) is 48.5 Å². The number of nitrogens with one attached hydrogen (secondary N) is 1. The molecule has 0 saturated carbocycles. The fourth-order valence-electron chi connectivity index (χ4n) is 4.30. The van der Waals surface area contributed by atoms with E-state index in [2.05, 4.69) is 9.69 Å². The van der Waals surface area contributed by atoms with Crippen molar-refractivity contribution in [1.82, 2.24) is 9.69 Å². The summed E-state index contributed by atoms with van der Waals surface area (Å²) in [5.74, 6) is -1.23. The summed E-state index contributed by atoms with van der Waals surface area (Å²) in [6.07, 6.45) is 0. The minimum atomic E-state index is -1.09. The molecule has 5 N–H and O–H groups in total. The van der Waals surface area contributed by atoms with Crippen LogP contribution in [0, 0.1) is 13.8 Å². The Balaban J connectivity index is 1.86. The Bertz CT molecular complexity index is 1480. The number of methoxy groups -OCH3 is 1. The van der Waals surface area contributed by atoms with Crippen LogP contribution < -0.4 is 26.4 Å². The number of nitrogens with two attached hydrogens (primary N) is 2. The number of aryl methyl sites for hydroxylation is 2. The zero-order chi connectivity index (χ0) is 28.1. The Kier molecular flexibility index (Phi) is 8.26. The van der Waals surface area contributed by atoms with Gasteiger partial charge in [-0.25, -0.2) is 0 Å². The number of ether oxygens (including phenoxy) is 1.